The normalized spacial score (nSPS) is 25.9. The number of anilines is 2. The number of hydrogen-bond acceptors (Lipinski definition) is 4. The molecule has 1 aromatic carbocycles. The molecule has 2 fully saturated rings. The van der Waals surface area contributed by atoms with Crippen molar-refractivity contribution in [2.75, 3.05) is 9.80 Å². The highest BCUT2D eigenvalue weighted by Crippen LogP contribution is 2.43. The molecule has 6 heteroatoms. The molecule has 0 bridgehead atoms. The van der Waals surface area contributed by atoms with E-state index in [-0.39, 0.29) is 47.3 Å². The van der Waals surface area contributed by atoms with Gasteiger partial charge in [-0.05, 0) is 103 Å². The van der Waals surface area contributed by atoms with Gasteiger partial charge in [0.25, 0.3) is 0 Å². The van der Waals surface area contributed by atoms with Crippen molar-refractivity contribution in [3.63, 3.8) is 0 Å². The van der Waals surface area contributed by atoms with Crippen molar-refractivity contribution in [2.45, 2.75) is 79.1 Å². The molecule has 2 aliphatic carbocycles. The minimum atomic E-state index is -0.317. The largest absolute Gasteiger partial charge is 0.274 e. The fraction of sp³-hybridized carbons (Fsp3) is 0.471. The van der Waals surface area contributed by atoms with Crippen molar-refractivity contribution >= 4 is 35.0 Å². The van der Waals surface area contributed by atoms with Gasteiger partial charge in [0.05, 0.1) is 35.0 Å². The molecule has 5 rings (SSSR count). The maximum atomic E-state index is 13.4. The second-order valence-electron chi connectivity index (χ2n) is 12.2. The molecule has 2 aliphatic heterocycles. The van der Waals surface area contributed by atoms with Gasteiger partial charge in [0, 0.05) is 0 Å². The smallest absolute Gasteiger partial charge is 0.238 e. The van der Waals surface area contributed by atoms with Gasteiger partial charge < -0.3 is 0 Å². The summed E-state index contributed by atoms with van der Waals surface area (Å²) >= 11 is 0. The maximum absolute atomic E-state index is 13.4. The first-order chi connectivity index (χ1) is 19.2. The Morgan fingerprint density at radius 1 is 0.625 bits per heavy atom. The summed E-state index contributed by atoms with van der Waals surface area (Å²) < 4.78 is 0. The van der Waals surface area contributed by atoms with Gasteiger partial charge in [-0.25, -0.2) is 0 Å². The third-order valence-corrected chi connectivity index (χ3v) is 8.81. The van der Waals surface area contributed by atoms with Crippen molar-refractivity contribution in [3.05, 3.63) is 70.9 Å². The summed E-state index contributed by atoms with van der Waals surface area (Å²) in [6.45, 7) is 8.32. The fourth-order valence-electron chi connectivity index (χ4n) is 6.64. The Morgan fingerprint density at radius 3 is 1.32 bits per heavy atom. The van der Waals surface area contributed by atoms with Gasteiger partial charge in [0.1, 0.15) is 0 Å². The van der Waals surface area contributed by atoms with E-state index in [1.807, 2.05) is 0 Å². The number of carbonyl (C=O) groups excluding carboxylic acids is 4. The molecule has 0 radical (unpaired) electrons. The summed E-state index contributed by atoms with van der Waals surface area (Å²) in [6, 6.07) is 6.77. The number of fused-ring (bicyclic) bond motifs is 2. The molecule has 0 saturated carbocycles. The molecule has 4 unspecified atom stereocenters. The minimum absolute atomic E-state index is 0.151. The molecular formula is C34H40N2O4. The Kier molecular flexibility index (Phi) is 8.07. The zero-order chi connectivity index (χ0) is 28.6. The lowest BCUT2D eigenvalue weighted by molar-refractivity contribution is -0.124. The first-order valence-corrected chi connectivity index (χ1v) is 14.6. The Hall–Kier alpha value is -3.54. The van der Waals surface area contributed by atoms with E-state index in [0.29, 0.717) is 37.1 Å². The van der Waals surface area contributed by atoms with Gasteiger partial charge in [-0.1, -0.05) is 46.6 Å². The molecule has 0 N–H and O–H groups in total. The van der Waals surface area contributed by atoms with E-state index in [1.54, 1.807) is 24.3 Å². The molecule has 2 heterocycles. The maximum Gasteiger partial charge on any atom is 0.238 e. The van der Waals surface area contributed by atoms with Crippen LogP contribution in [0.5, 0.6) is 0 Å². The third-order valence-electron chi connectivity index (χ3n) is 8.81. The first-order valence-electron chi connectivity index (χ1n) is 14.6. The van der Waals surface area contributed by atoms with E-state index >= 15 is 0 Å². The standard InChI is InChI=1S/C34H40N2O4/c1-21(2)7-5-9-23-11-17-27-29(19-23)33(39)35(31(27)37)25-13-15-26(16-14-25)36-32(38)28-18-12-24(10-6-8-22(3)4)20-30(28)34(36)40/h7-8,11-16,27-30H,5-6,9-10,17-20H2,1-4H3. The van der Waals surface area contributed by atoms with Crippen LogP contribution >= 0.6 is 0 Å². The van der Waals surface area contributed by atoms with Crippen LogP contribution < -0.4 is 9.80 Å². The molecule has 4 atom stereocenters. The lowest BCUT2D eigenvalue weighted by Crippen LogP contribution is -2.32. The van der Waals surface area contributed by atoms with Crippen molar-refractivity contribution in [2.24, 2.45) is 23.7 Å². The summed E-state index contributed by atoms with van der Waals surface area (Å²) in [4.78, 5) is 55.9. The highest BCUT2D eigenvalue weighted by molar-refractivity contribution is 6.23. The van der Waals surface area contributed by atoms with Gasteiger partial charge in [-0.15, -0.1) is 0 Å². The SMILES string of the molecule is CC(C)=CCCC1=CCC2C(=O)N(c3ccc(N4C(=O)C5CC=C(CCC=C(C)C)CC5C4=O)cc3)C(=O)C2C1. The van der Waals surface area contributed by atoms with E-state index in [2.05, 4.69) is 52.0 Å². The average Bonchev–Trinajstić information content (AvgIpc) is 3.32. The topological polar surface area (TPSA) is 74.8 Å². The number of nitrogens with zero attached hydrogens (tertiary/aromatic N) is 2. The zero-order valence-electron chi connectivity index (χ0n) is 24.1. The van der Waals surface area contributed by atoms with E-state index in [4.69, 9.17) is 0 Å². The van der Waals surface area contributed by atoms with Crippen molar-refractivity contribution < 1.29 is 19.2 Å². The van der Waals surface area contributed by atoms with Gasteiger partial charge in [-0.2, -0.15) is 0 Å². The van der Waals surface area contributed by atoms with E-state index in [0.717, 1.165) is 25.7 Å². The van der Waals surface area contributed by atoms with E-state index in [9.17, 15) is 19.2 Å². The summed E-state index contributed by atoms with van der Waals surface area (Å²) in [5.41, 5.74) is 6.06. The van der Waals surface area contributed by atoms with Crippen molar-refractivity contribution in [1.82, 2.24) is 0 Å². The minimum Gasteiger partial charge on any atom is -0.274 e. The predicted molar refractivity (Wildman–Crippen MR) is 157 cm³/mol. The van der Waals surface area contributed by atoms with Gasteiger partial charge in [-0.3, -0.25) is 29.0 Å². The number of amides is 4. The van der Waals surface area contributed by atoms with Crippen LogP contribution in [-0.4, -0.2) is 23.6 Å². The Balaban J connectivity index is 1.25. The van der Waals surface area contributed by atoms with Gasteiger partial charge >= 0.3 is 0 Å². The van der Waals surface area contributed by atoms with Crippen molar-refractivity contribution in [1.29, 1.82) is 0 Å². The quantitative estimate of drug-likeness (QED) is 0.268. The number of benzene rings is 1. The van der Waals surface area contributed by atoms with Gasteiger partial charge in [0.2, 0.25) is 23.6 Å². The van der Waals surface area contributed by atoms with Gasteiger partial charge in [0.15, 0.2) is 0 Å². The molecule has 1 aromatic rings. The summed E-state index contributed by atoms with van der Waals surface area (Å²) in [7, 11) is 0. The average molecular weight is 541 g/mol. The fourth-order valence-corrected chi connectivity index (χ4v) is 6.64. The first kappa shape index (κ1) is 28.0. The van der Waals surface area contributed by atoms with Crippen LogP contribution in [0.2, 0.25) is 0 Å². The molecule has 40 heavy (non-hydrogen) atoms. The van der Waals surface area contributed by atoms with Crippen LogP contribution in [0.1, 0.15) is 79.1 Å². The second kappa shape index (κ2) is 11.5. The monoisotopic (exact) mass is 540 g/mol. The second-order valence-corrected chi connectivity index (χ2v) is 12.2. The molecule has 210 valence electrons. The van der Waals surface area contributed by atoms with Crippen LogP contribution in [0.25, 0.3) is 0 Å². The third kappa shape index (κ3) is 5.41. The number of hydrogen-bond donors (Lipinski definition) is 0. The molecule has 0 aromatic heterocycles. The molecular weight excluding hydrogens is 500 g/mol. The molecule has 6 nitrogen and oxygen atoms in total. The van der Waals surface area contributed by atoms with Crippen LogP contribution in [-0.2, 0) is 19.2 Å². The predicted octanol–water partition coefficient (Wildman–Crippen LogP) is 6.83. The lowest BCUT2D eigenvalue weighted by atomic mass is 9.80. The van der Waals surface area contributed by atoms with E-state index in [1.165, 1.54) is 32.1 Å². The number of allylic oxidation sites excluding steroid dienone is 8. The lowest BCUT2D eigenvalue weighted by Gasteiger charge is -2.21. The van der Waals surface area contributed by atoms with E-state index < -0.39 is 0 Å². The van der Waals surface area contributed by atoms with Crippen molar-refractivity contribution in [3.8, 4) is 0 Å². The molecule has 0 spiro atoms. The zero-order valence-corrected chi connectivity index (χ0v) is 24.1. The number of imide groups is 2. The Morgan fingerprint density at radius 2 is 0.975 bits per heavy atom. The molecule has 2 saturated heterocycles. The Bertz CT molecular complexity index is 1240. The highest BCUT2D eigenvalue weighted by Gasteiger charge is 2.50. The van der Waals surface area contributed by atoms with Crippen LogP contribution in [0.4, 0.5) is 11.4 Å². The van der Waals surface area contributed by atoms with Crippen LogP contribution in [0.3, 0.4) is 0 Å². The summed E-state index contributed by atoms with van der Waals surface area (Å²) in [6.07, 6.45) is 14.9. The molecule has 4 amide bonds. The number of carbonyl (C=O) groups is 4. The van der Waals surface area contributed by atoms with Crippen LogP contribution in [0.15, 0.2) is 70.9 Å². The Labute approximate surface area is 237 Å². The highest BCUT2D eigenvalue weighted by atomic mass is 16.2. The molecule has 4 aliphatic rings. The summed E-state index contributed by atoms with van der Waals surface area (Å²) in [5.74, 6) is -1.89. The summed E-state index contributed by atoms with van der Waals surface area (Å²) in [5, 5.41) is 0. The number of rotatable bonds is 8. The van der Waals surface area contributed by atoms with Crippen LogP contribution in [0, 0.1) is 23.7 Å².